The van der Waals surface area contributed by atoms with Crippen LogP contribution in [-0.4, -0.2) is 14.5 Å². The summed E-state index contributed by atoms with van der Waals surface area (Å²) in [7, 11) is 0. The lowest BCUT2D eigenvalue weighted by Crippen LogP contribution is -2.09. The number of anilines is 3. The summed E-state index contributed by atoms with van der Waals surface area (Å²) < 4.78 is 2.39. The second-order valence-electron chi connectivity index (χ2n) is 16.4. The van der Waals surface area contributed by atoms with E-state index in [1.54, 1.807) is 0 Å². The Balaban J connectivity index is 0.902. The average molecular weight is 821 g/mol. The van der Waals surface area contributed by atoms with Crippen molar-refractivity contribution in [3.8, 4) is 61.8 Å². The first kappa shape index (κ1) is 38.6. The second-order valence-corrected chi connectivity index (χ2v) is 16.4. The van der Waals surface area contributed by atoms with E-state index >= 15 is 0 Å². The molecule has 0 unspecified atom stereocenters. The molecule has 0 aliphatic rings. The van der Waals surface area contributed by atoms with Gasteiger partial charge in [-0.05, 0) is 114 Å². The monoisotopic (exact) mass is 820 g/mol. The quantitative estimate of drug-likeness (QED) is 0.145. The number of hydrogen-bond donors (Lipinski definition) is 0. The van der Waals surface area contributed by atoms with Gasteiger partial charge in [0.2, 0.25) is 0 Å². The zero-order valence-electron chi connectivity index (χ0n) is 35.7. The number of fused-ring (bicyclic) bond motifs is 3. The molecule has 2 aromatic heterocycles. The molecule has 0 radical (unpaired) electrons. The van der Waals surface area contributed by atoms with Crippen LogP contribution in [0.15, 0.2) is 231 Å². The van der Waals surface area contributed by atoms with E-state index in [1.165, 1.54) is 55.2 Å². The summed E-state index contributed by atoms with van der Waals surface area (Å²) in [6.07, 6.45) is 0. The summed E-state index contributed by atoms with van der Waals surface area (Å²) in [6.45, 7) is 4.43. The summed E-state index contributed by atoms with van der Waals surface area (Å²) in [5, 5.41) is 2.44. The zero-order chi connectivity index (χ0) is 43.0. The molecule has 2 heterocycles. The molecule has 0 spiro atoms. The van der Waals surface area contributed by atoms with E-state index in [1.807, 2.05) is 36.4 Å². The van der Waals surface area contributed by atoms with Crippen molar-refractivity contribution in [2.75, 3.05) is 4.90 Å². The summed E-state index contributed by atoms with van der Waals surface area (Å²) >= 11 is 0. The third-order valence-electron chi connectivity index (χ3n) is 12.3. The lowest BCUT2D eigenvalue weighted by atomic mass is 9.91. The van der Waals surface area contributed by atoms with E-state index in [-0.39, 0.29) is 0 Å². The minimum Gasteiger partial charge on any atom is -0.310 e. The van der Waals surface area contributed by atoms with Crippen LogP contribution >= 0.6 is 0 Å². The first-order valence-corrected chi connectivity index (χ1v) is 21.8. The number of aryl methyl sites for hydroxylation is 2. The Labute approximate surface area is 374 Å². The van der Waals surface area contributed by atoms with Crippen molar-refractivity contribution in [3.63, 3.8) is 0 Å². The molecule has 0 aliphatic heterocycles. The first-order valence-electron chi connectivity index (χ1n) is 21.8. The molecule has 0 bridgehead atoms. The molecule has 304 valence electrons. The van der Waals surface area contributed by atoms with Crippen molar-refractivity contribution in [1.29, 1.82) is 0 Å². The SMILES string of the molecule is Cc1cc(-c2ccc(-n3c4ccccc4c4cc(N(c5ccccc5)c5ccccc5)ccc43)cc2)c(C)cc1-c1ccc(-c2cc(-c3ccccc3)nc(-c3ccccc3)n2)cc1. The largest absolute Gasteiger partial charge is 0.310 e. The maximum Gasteiger partial charge on any atom is 0.160 e. The topological polar surface area (TPSA) is 34.0 Å². The highest BCUT2D eigenvalue weighted by Gasteiger charge is 2.18. The summed E-state index contributed by atoms with van der Waals surface area (Å²) in [5.41, 5.74) is 19.1. The molecule has 0 fully saturated rings. The van der Waals surface area contributed by atoms with E-state index in [0.717, 1.165) is 56.7 Å². The van der Waals surface area contributed by atoms with Gasteiger partial charge in [-0.3, -0.25) is 0 Å². The van der Waals surface area contributed by atoms with Gasteiger partial charge in [-0.15, -0.1) is 0 Å². The minimum atomic E-state index is 0.717. The van der Waals surface area contributed by atoms with Crippen molar-refractivity contribution in [2.24, 2.45) is 0 Å². The van der Waals surface area contributed by atoms with Crippen molar-refractivity contribution < 1.29 is 0 Å². The number of aromatic nitrogens is 3. The Morgan fingerprint density at radius 2 is 0.797 bits per heavy atom. The molecule has 0 N–H and O–H groups in total. The van der Waals surface area contributed by atoms with E-state index in [2.05, 4.69) is 217 Å². The fourth-order valence-electron chi connectivity index (χ4n) is 9.10. The molecule has 0 amide bonds. The van der Waals surface area contributed by atoms with Crippen LogP contribution in [0.1, 0.15) is 11.1 Å². The highest BCUT2D eigenvalue weighted by Crippen LogP contribution is 2.40. The Kier molecular flexibility index (Phi) is 9.95. The summed E-state index contributed by atoms with van der Waals surface area (Å²) in [5.74, 6) is 0.717. The molecule has 9 aromatic carbocycles. The Hall–Kier alpha value is -8.34. The number of para-hydroxylation sites is 3. The van der Waals surface area contributed by atoms with Gasteiger partial charge in [0, 0.05) is 50.2 Å². The Morgan fingerprint density at radius 3 is 1.38 bits per heavy atom. The zero-order valence-corrected chi connectivity index (χ0v) is 35.7. The van der Waals surface area contributed by atoms with Crippen molar-refractivity contribution in [1.82, 2.24) is 14.5 Å². The van der Waals surface area contributed by atoms with Gasteiger partial charge in [0.1, 0.15) is 0 Å². The van der Waals surface area contributed by atoms with Crippen LogP contribution in [0.4, 0.5) is 17.1 Å². The third kappa shape index (κ3) is 7.21. The molecule has 0 atom stereocenters. The molecule has 4 heteroatoms. The van der Waals surface area contributed by atoms with Gasteiger partial charge in [-0.2, -0.15) is 0 Å². The van der Waals surface area contributed by atoms with Gasteiger partial charge in [0.05, 0.1) is 22.4 Å². The van der Waals surface area contributed by atoms with Crippen LogP contribution in [0.2, 0.25) is 0 Å². The normalized spacial score (nSPS) is 11.3. The predicted octanol–water partition coefficient (Wildman–Crippen LogP) is 16.0. The standard InChI is InChI=1S/C60H44N4/c1-41-38-54(42(2)37-53(41)43-27-29-46(30-28-43)57-40-56(45-17-7-3-8-18-45)61-60(62-57)47-19-9-4-10-20-47)44-31-33-50(34-32-44)64-58-26-16-15-25-52(58)55-39-51(35-36-59(55)64)63(48-21-11-5-12-22-48)49-23-13-6-14-24-49/h3-40H,1-2H3. The van der Waals surface area contributed by atoms with Crippen LogP contribution in [0, 0.1) is 13.8 Å². The van der Waals surface area contributed by atoms with Crippen LogP contribution in [0.3, 0.4) is 0 Å². The van der Waals surface area contributed by atoms with E-state index in [0.29, 0.717) is 0 Å². The smallest absolute Gasteiger partial charge is 0.160 e. The predicted molar refractivity (Wildman–Crippen MR) is 268 cm³/mol. The highest BCUT2D eigenvalue weighted by molar-refractivity contribution is 6.10. The molecular formula is C60H44N4. The van der Waals surface area contributed by atoms with E-state index in [4.69, 9.17) is 9.97 Å². The number of rotatable bonds is 9. The van der Waals surface area contributed by atoms with E-state index in [9.17, 15) is 0 Å². The Morgan fingerprint density at radius 1 is 0.344 bits per heavy atom. The lowest BCUT2D eigenvalue weighted by molar-refractivity contribution is 1.18. The van der Waals surface area contributed by atoms with Crippen LogP contribution in [0.5, 0.6) is 0 Å². The molecule has 4 nitrogen and oxygen atoms in total. The number of nitrogens with zero attached hydrogens (tertiary/aromatic N) is 4. The van der Waals surface area contributed by atoms with Gasteiger partial charge in [0.25, 0.3) is 0 Å². The maximum atomic E-state index is 5.05. The molecule has 64 heavy (non-hydrogen) atoms. The Bertz CT molecular complexity index is 3320. The van der Waals surface area contributed by atoms with Crippen LogP contribution in [0.25, 0.3) is 83.6 Å². The highest BCUT2D eigenvalue weighted by atomic mass is 15.1. The fraction of sp³-hybridized carbons (Fsp3) is 0.0333. The van der Waals surface area contributed by atoms with Crippen molar-refractivity contribution in [3.05, 3.63) is 242 Å². The average Bonchev–Trinajstić information content (AvgIpc) is 3.69. The molecule has 0 saturated carbocycles. The summed E-state index contributed by atoms with van der Waals surface area (Å²) in [6, 6.07) is 81.9. The molecular weight excluding hydrogens is 777 g/mol. The van der Waals surface area contributed by atoms with E-state index < -0.39 is 0 Å². The van der Waals surface area contributed by atoms with Gasteiger partial charge < -0.3 is 9.47 Å². The van der Waals surface area contributed by atoms with Crippen LogP contribution in [-0.2, 0) is 0 Å². The molecule has 11 rings (SSSR count). The van der Waals surface area contributed by atoms with Gasteiger partial charge in [-0.1, -0.05) is 164 Å². The van der Waals surface area contributed by atoms with Crippen molar-refractivity contribution >= 4 is 38.9 Å². The van der Waals surface area contributed by atoms with Crippen LogP contribution < -0.4 is 4.90 Å². The maximum absolute atomic E-state index is 5.05. The van der Waals surface area contributed by atoms with Crippen molar-refractivity contribution in [2.45, 2.75) is 13.8 Å². The van der Waals surface area contributed by atoms with Gasteiger partial charge in [-0.25, -0.2) is 9.97 Å². The molecule has 0 saturated heterocycles. The fourth-order valence-corrected chi connectivity index (χ4v) is 9.10. The second kappa shape index (κ2) is 16.5. The lowest BCUT2D eigenvalue weighted by Gasteiger charge is -2.25. The van der Waals surface area contributed by atoms with Gasteiger partial charge >= 0.3 is 0 Å². The molecule has 11 aromatic rings. The number of hydrogen-bond acceptors (Lipinski definition) is 3. The third-order valence-corrected chi connectivity index (χ3v) is 12.3. The van der Waals surface area contributed by atoms with Gasteiger partial charge in [0.15, 0.2) is 5.82 Å². The first-order chi connectivity index (χ1) is 31.6. The molecule has 0 aliphatic carbocycles. The number of benzene rings is 9. The summed E-state index contributed by atoms with van der Waals surface area (Å²) in [4.78, 5) is 12.3. The minimum absolute atomic E-state index is 0.717.